The van der Waals surface area contributed by atoms with Crippen molar-refractivity contribution in [3.8, 4) is 0 Å². The molecule has 2 rings (SSSR count). The summed E-state index contributed by atoms with van der Waals surface area (Å²) in [5.74, 6) is -0.500. The summed E-state index contributed by atoms with van der Waals surface area (Å²) in [6.45, 7) is 0. The summed E-state index contributed by atoms with van der Waals surface area (Å²) in [5.41, 5.74) is 0.0486. The zero-order valence-electron chi connectivity index (χ0n) is 9.57. The molecule has 2 amide bonds. The van der Waals surface area contributed by atoms with E-state index in [1.165, 1.54) is 13.2 Å². The molecule has 2 heterocycles. The van der Waals surface area contributed by atoms with Crippen LogP contribution in [-0.4, -0.2) is 40.0 Å². The lowest BCUT2D eigenvalue weighted by Crippen LogP contribution is -2.48. The number of likely N-dealkylation sites (tertiary alicyclic amines) is 1. The average Bonchev–Trinajstić information content (AvgIpc) is 2.35. The number of aromatic amines is 1. The lowest BCUT2D eigenvalue weighted by atomic mass is 10.0. The van der Waals surface area contributed by atoms with Gasteiger partial charge in [0.05, 0.1) is 11.9 Å². The maximum absolute atomic E-state index is 11.9. The van der Waals surface area contributed by atoms with Crippen molar-refractivity contribution in [1.29, 1.82) is 0 Å². The Kier molecular flexibility index (Phi) is 3.46. The molecule has 1 aromatic heterocycles. The second kappa shape index (κ2) is 4.89. The van der Waals surface area contributed by atoms with Crippen LogP contribution in [0.25, 0.3) is 0 Å². The Morgan fingerprint density at radius 1 is 1.50 bits per heavy atom. The van der Waals surface area contributed by atoms with Gasteiger partial charge in [0.1, 0.15) is 10.5 Å². The highest BCUT2D eigenvalue weighted by Gasteiger charge is 2.32. The summed E-state index contributed by atoms with van der Waals surface area (Å²) in [6.07, 6.45) is 2.12. The lowest BCUT2D eigenvalue weighted by Gasteiger charge is -2.28. The summed E-state index contributed by atoms with van der Waals surface area (Å²) < 4.78 is 0.282. The largest absolute Gasteiger partial charge is 0.371 e. The molecule has 1 atom stereocenters. The van der Waals surface area contributed by atoms with Crippen molar-refractivity contribution in [2.45, 2.75) is 18.9 Å². The van der Waals surface area contributed by atoms with Gasteiger partial charge in [-0.05, 0) is 22.4 Å². The van der Waals surface area contributed by atoms with Gasteiger partial charge in [-0.2, -0.15) is 5.10 Å². The standard InChI is InChI=1S/C10H11BrN4O3/c1-15-7(16)3-2-5(10(15)18)13-6-4-12-14-9(17)8(6)11/h4-5H,2-3H2,1H3,(H2,13,14,17). The third-order valence-electron chi connectivity index (χ3n) is 2.77. The first-order chi connectivity index (χ1) is 8.50. The maximum Gasteiger partial charge on any atom is 0.280 e. The second-order valence-electron chi connectivity index (χ2n) is 3.95. The van der Waals surface area contributed by atoms with Crippen LogP contribution in [0.3, 0.4) is 0 Å². The molecule has 1 aliphatic heterocycles. The quantitative estimate of drug-likeness (QED) is 0.754. The van der Waals surface area contributed by atoms with Gasteiger partial charge in [0.2, 0.25) is 5.91 Å². The molecule has 18 heavy (non-hydrogen) atoms. The van der Waals surface area contributed by atoms with Gasteiger partial charge in [-0.15, -0.1) is 0 Å². The smallest absolute Gasteiger partial charge is 0.280 e. The number of anilines is 1. The fourth-order valence-corrected chi connectivity index (χ4v) is 2.03. The number of amides is 2. The Morgan fingerprint density at radius 3 is 2.94 bits per heavy atom. The zero-order valence-corrected chi connectivity index (χ0v) is 11.2. The number of hydrogen-bond acceptors (Lipinski definition) is 5. The number of H-pyrrole nitrogens is 1. The van der Waals surface area contributed by atoms with Gasteiger partial charge in [0, 0.05) is 13.5 Å². The molecule has 0 saturated carbocycles. The van der Waals surface area contributed by atoms with Crippen molar-refractivity contribution in [2.75, 3.05) is 12.4 Å². The molecule has 0 bridgehead atoms. The van der Waals surface area contributed by atoms with E-state index in [9.17, 15) is 14.4 Å². The van der Waals surface area contributed by atoms with E-state index in [0.29, 0.717) is 18.5 Å². The maximum atomic E-state index is 11.9. The molecule has 8 heteroatoms. The minimum Gasteiger partial charge on any atom is -0.371 e. The van der Waals surface area contributed by atoms with Crippen LogP contribution in [0.1, 0.15) is 12.8 Å². The van der Waals surface area contributed by atoms with Gasteiger partial charge in [0.15, 0.2) is 0 Å². The molecule has 0 aromatic carbocycles. The van der Waals surface area contributed by atoms with Gasteiger partial charge >= 0.3 is 0 Å². The minimum absolute atomic E-state index is 0.193. The number of imide groups is 1. The fraction of sp³-hybridized carbons (Fsp3) is 0.400. The van der Waals surface area contributed by atoms with Gasteiger partial charge in [-0.3, -0.25) is 19.3 Å². The Morgan fingerprint density at radius 2 is 2.22 bits per heavy atom. The highest BCUT2D eigenvalue weighted by molar-refractivity contribution is 9.10. The van der Waals surface area contributed by atoms with E-state index in [4.69, 9.17) is 0 Å². The zero-order chi connectivity index (χ0) is 13.3. The lowest BCUT2D eigenvalue weighted by molar-refractivity contribution is -0.146. The van der Waals surface area contributed by atoms with Crippen LogP contribution in [0.4, 0.5) is 5.69 Å². The molecule has 1 unspecified atom stereocenters. The molecule has 2 N–H and O–H groups in total. The highest BCUT2D eigenvalue weighted by atomic mass is 79.9. The number of rotatable bonds is 2. The van der Waals surface area contributed by atoms with E-state index >= 15 is 0 Å². The van der Waals surface area contributed by atoms with Crippen LogP contribution in [0.15, 0.2) is 15.5 Å². The molecule has 1 aliphatic rings. The fourth-order valence-electron chi connectivity index (χ4n) is 1.72. The van der Waals surface area contributed by atoms with Gasteiger partial charge in [-0.1, -0.05) is 0 Å². The van der Waals surface area contributed by atoms with E-state index in [1.807, 2.05) is 0 Å². The van der Waals surface area contributed by atoms with Crippen molar-refractivity contribution < 1.29 is 9.59 Å². The minimum atomic E-state index is -0.521. The monoisotopic (exact) mass is 314 g/mol. The Balaban J connectivity index is 2.19. The third kappa shape index (κ3) is 2.28. The summed E-state index contributed by atoms with van der Waals surface area (Å²) in [4.78, 5) is 35.6. The van der Waals surface area contributed by atoms with Crippen LogP contribution in [0, 0.1) is 0 Å². The van der Waals surface area contributed by atoms with E-state index < -0.39 is 6.04 Å². The molecule has 0 aliphatic carbocycles. The van der Waals surface area contributed by atoms with E-state index in [2.05, 4.69) is 31.4 Å². The van der Waals surface area contributed by atoms with Crippen LogP contribution in [0.2, 0.25) is 0 Å². The van der Waals surface area contributed by atoms with Crippen LogP contribution in [0.5, 0.6) is 0 Å². The number of carbonyl (C=O) groups is 2. The predicted octanol–water partition coefficient (Wildman–Crippen LogP) is 0.0917. The van der Waals surface area contributed by atoms with Crippen molar-refractivity contribution in [1.82, 2.24) is 15.1 Å². The molecule has 1 aromatic rings. The normalized spacial score (nSPS) is 20.1. The first-order valence-electron chi connectivity index (χ1n) is 5.31. The Labute approximate surface area is 111 Å². The number of carbonyl (C=O) groups excluding carboxylic acids is 2. The molecule has 0 spiro atoms. The summed E-state index contributed by atoms with van der Waals surface area (Å²) >= 11 is 3.12. The first-order valence-corrected chi connectivity index (χ1v) is 6.10. The van der Waals surface area contributed by atoms with Crippen molar-refractivity contribution >= 4 is 33.4 Å². The first kappa shape index (κ1) is 12.7. The van der Waals surface area contributed by atoms with E-state index in [-0.39, 0.29) is 21.8 Å². The van der Waals surface area contributed by atoms with Crippen molar-refractivity contribution in [3.05, 3.63) is 21.0 Å². The number of piperidine rings is 1. The Bertz CT molecular complexity index is 556. The Hall–Kier alpha value is -1.70. The predicted molar refractivity (Wildman–Crippen MR) is 67.0 cm³/mol. The van der Waals surface area contributed by atoms with Crippen LogP contribution < -0.4 is 10.9 Å². The van der Waals surface area contributed by atoms with E-state index in [0.717, 1.165) is 4.90 Å². The summed E-state index contributed by atoms with van der Waals surface area (Å²) in [7, 11) is 1.45. The molecule has 1 fully saturated rings. The second-order valence-corrected chi connectivity index (χ2v) is 4.75. The molecule has 1 saturated heterocycles. The number of aromatic nitrogens is 2. The molecule has 7 nitrogen and oxygen atoms in total. The number of hydrogen-bond donors (Lipinski definition) is 2. The number of likely N-dealkylation sites (N-methyl/N-ethyl adjacent to an activating group) is 1. The van der Waals surface area contributed by atoms with Gasteiger partial charge in [-0.25, -0.2) is 5.10 Å². The van der Waals surface area contributed by atoms with Crippen LogP contribution in [-0.2, 0) is 9.59 Å². The number of nitrogens with one attached hydrogen (secondary N) is 2. The summed E-state index contributed by atoms with van der Waals surface area (Å²) in [5, 5.41) is 8.83. The molecular weight excluding hydrogens is 304 g/mol. The molecule has 0 radical (unpaired) electrons. The highest BCUT2D eigenvalue weighted by Crippen LogP contribution is 2.20. The van der Waals surface area contributed by atoms with Gasteiger partial charge in [0.25, 0.3) is 11.5 Å². The molecular formula is C10H11BrN4O3. The van der Waals surface area contributed by atoms with Crippen molar-refractivity contribution in [3.63, 3.8) is 0 Å². The van der Waals surface area contributed by atoms with Crippen molar-refractivity contribution in [2.24, 2.45) is 0 Å². The number of nitrogens with zero attached hydrogens (tertiary/aromatic N) is 2. The van der Waals surface area contributed by atoms with E-state index in [1.54, 1.807) is 0 Å². The SMILES string of the molecule is CN1C(=O)CCC(Nc2cn[nH]c(=O)c2Br)C1=O. The topological polar surface area (TPSA) is 95.2 Å². The summed E-state index contributed by atoms with van der Waals surface area (Å²) in [6, 6.07) is -0.521. The molecule has 96 valence electrons. The van der Waals surface area contributed by atoms with Gasteiger partial charge < -0.3 is 5.32 Å². The average molecular weight is 315 g/mol. The number of halogens is 1. The third-order valence-corrected chi connectivity index (χ3v) is 3.56. The van der Waals surface area contributed by atoms with Crippen LogP contribution >= 0.6 is 15.9 Å².